The van der Waals surface area contributed by atoms with E-state index in [-0.39, 0.29) is 12.1 Å². The average Bonchev–Trinajstić information content (AvgIpc) is 2.87. The zero-order valence-corrected chi connectivity index (χ0v) is 10.7. The molecule has 0 spiro atoms. The number of aliphatic carboxylic acids is 1. The van der Waals surface area contributed by atoms with Crippen molar-refractivity contribution in [1.82, 2.24) is 9.80 Å². The third kappa shape index (κ3) is 2.43. The summed E-state index contributed by atoms with van der Waals surface area (Å²) in [5.41, 5.74) is 0. The predicted molar refractivity (Wildman–Crippen MR) is 64.4 cm³/mol. The van der Waals surface area contributed by atoms with Gasteiger partial charge in [0.15, 0.2) is 0 Å². The number of carboxylic acid groups (broad SMARTS) is 1. The van der Waals surface area contributed by atoms with E-state index in [4.69, 9.17) is 9.84 Å². The van der Waals surface area contributed by atoms with Gasteiger partial charge in [0.2, 0.25) is 0 Å². The number of nitrogens with zero attached hydrogens (tertiary/aromatic N) is 2. The summed E-state index contributed by atoms with van der Waals surface area (Å²) in [4.78, 5) is 26.8. The normalized spacial score (nSPS) is 28.5. The van der Waals surface area contributed by atoms with Gasteiger partial charge in [-0.2, -0.15) is 0 Å². The van der Waals surface area contributed by atoms with Gasteiger partial charge in [-0.15, -0.1) is 0 Å². The van der Waals surface area contributed by atoms with E-state index in [0.29, 0.717) is 32.7 Å². The molecule has 0 saturated carbocycles. The molecule has 1 N–H and O–H groups in total. The minimum Gasteiger partial charge on any atom is -0.480 e. The Balaban J connectivity index is 2.07. The summed E-state index contributed by atoms with van der Waals surface area (Å²) < 4.78 is 5.36. The quantitative estimate of drug-likeness (QED) is 0.792. The molecule has 102 valence electrons. The van der Waals surface area contributed by atoms with Crippen LogP contribution in [0.2, 0.25) is 0 Å². The Morgan fingerprint density at radius 3 is 2.78 bits per heavy atom. The van der Waals surface area contributed by atoms with Crippen molar-refractivity contribution in [3.8, 4) is 0 Å². The number of rotatable bonds is 2. The monoisotopic (exact) mass is 256 g/mol. The first-order valence-electron chi connectivity index (χ1n) is 6.53. The Bertz CT molecular complexity index is 334. The number of hydrogen-bond donors (Lipinski definition) is 1. The Kier molecular flexibility index (Phi) is 4.06. The van der Waals surface area contributed by atoms with E-state index < -0.39 is 12.0 Å². The van der Waals surface area contributed by atoms with Crippen LogP contribution in [0.3, 0.4) is 0 Å². The maximum absolute atomic E-state index is 12.4. The lowest BCUT2D eigenvalue weighted by Crippen LogP contribution is -2.55. The van der Waals surface area contributed by atoms with Gasteiger partial charge < -0.3 is 19.6 Å². The standard InChI is InChI=1S/C12H20N2O4/c1-2-9-8-18-7-6-13(9)12(17)14-5-3-4-10(14)11(15)16/h9-10H,2-8H2,1H3,(H,15,16)/t9?,10-/m1/s1. The van der Waals surface area contributed by atoms with Crippen LogP contribution in [-0.2, 0) is 9.53 Å². The fraction of sp³-hybridized carbons (Fsp3) is 0.833. The highest BCUT2D eigenvalue weighted by atomic mass is 16.5. The molecular formula is C12H20N2O4. The Morgan fingerprint density at radius 1 is 1.33 bits per heavy atom. The van der Waals surface area contributed by atoms with Gasteiger partial charge in [-0.3, -0.25) is 0 Å². The summed E-state index contributed by atoms with van der Waals surface area (Å²) in [5.74, 6) is -0.901. The minimum absolute atomic E-state index is 0.0706. The van der Waals surface area contributed by atoms with E-state index >= 15 is 0 Å². The molecule has 2 fully saturated rings. The SMILES string of the molecule is CCC1COCCN1C(=O)N1CCC[C@@H]1C(=O)O. The second kappa shape index (κ2) is 5.56. The van der Waals surface area contributed by atoms with Crippen LogP contribution in [0.4, 0.5) is 4.79 Å². The molecule has 1 unspecified atom stereocenters. The summed E-state index contributed by atoms with van der Waals surface area (Å²) >= 11 is 0. The lowest BCUT2D eigenvalue weighted by atomic mass is 10.2. The summed E-state index contributed by atoms with van der Waals surface area (Å²) in [6, 6.07) is -0.728. The van der Waals surface area contributed by atoms with Crippen molar-refractivity contribution in [2.75, 3.05) is 26.3 Å². The Hall–Kier alpha value is -1.30. The van der Waals surface area contributed by atoms with Crippen LogP contribution in [0.15, 0.2) is 0 Å². The lowest BCUT2D eigenvalue weighted by molar-refractivity contribution is -0.141. The van der Waals surface area contributed by atoms with E-state index in [2.05, 4.69) is 0 Å². The van der Waals surface area contributed by atoms with Crippen LogP contribution in [0.25, 0.3) is 0 Å². The van der Waals surface area contributed by atoms with Gasteiger partial charge in [0.25, 0.3) is 0 Å². The Morgan fingerprint density at radius 2 is 2.11 bits per heavy atom. The van der Waals surface area contributed by atoms with E-state index in [0.717, 1.165) is 12.8 Å². The zero-order valence-electron chi connectivity index (χ0n) is 10.7. The molecule has 2 aliphatic rings. The molecule has 6 heteroatoms. The molecule has 6 nitrogen and oxygen atoms in total. The third-order valence-corrected chi connectivity index (χ3v) is 3.73. The number of carbonyl (C=O) groups is 2. The highest BCUT2D eigenvalue weighted by molar-refractivity contribution is 5.83. The number of hydrogen-bond acceptors (Lipinski definition) is 3. The van der Waals surface area contributed by atoms with Crippen LogP contribution in [0.1, 0.15) is 26.2 Å². The van der Waals surface area contributed by atoms with Gasteiger partial charge in [-0.05, 0) is 19.3 Å². The van der Waals surface area contributed by atoms with Gasteiger partial charge >= 0.3 is 12.0 Å². The molecule has 2 amide bonds. The first-order chi connectivity index (χ1) is 8.65. The summed E-state index contributed by atoms with van der Waals surface area (Å²) in [5, 5.41) is 9.12. The molecule has 2 atom stereocenters. The van der Waals surface area contributed by atoms with Crippen LogP contribution in [0.5, 0.6) is 0 Å². The van der Waals surface area contributed by atoms with Crippen molar-refractivity contribution in [2.45, 2.75) is 38.3 Å². The number of morpholine rings is 1. The van der Waals surface area contributed by atoms with E-state index in [1.807, 2.05) is 6.92 Å². The third-order valence-electron chi connectivity index (χ3n) is 3.73. The van der Waals surface area contributed by atoms with Crippen LogP contribution in [0, 0.1) is 0 Å². The number of likely N-dealkylation sites (tertiary alicyclic amines) is 1. The van der Waals surface area contributed by atoms with Crippen molar-refractivity contribution in [3.05, 3.63) is 0 Å². The van der Waals surface area contributed by atoms with Gasteiger partial charge in [0.1, 0.15) is 6.04 Å². The number of carboxylic acids is 1. The van der Waals surface area contributed by atoms with Crippen LogP contribution >= 0.6 is 0 Å². The van der Waals surface area contributed by atoms with Crippen molar-refractivity contribution in [3.63, 3.8) is 0 Å². The van der Waals surface area contributed by atoms with Crippen molar-refractivity contribution < 1.29 is 19.4 Å². The minimum atomic E-state index is -0.901. The molecule has 2 aliphatic heterocycles. The van der Waals surface area contributed by atoms with E-state index in [1.165, 1.54) is 4.90 Å². The van der Waals surface area contributed by atoms with Crippen molar-refractivity contribution in [1.29, 1.82) is 0 Å². The molecule has 0 aromatic carbocycles. The number of amides is 2. The van der Waals surface area contributed by atoms with Crippen LogP contribution in [-0.4, -0.2) is 65.3 Å². The molecular weight excluding hydrogens is 236 g/mol. The summed E-state index contributed by atoms with van der Waals surface area (Å²) in [7, 11) is 0. The molecule has 0 bridgehead atoms. The molecule has 0 aromatic heterocycles. The number of ether oxygens (including phenoxy) is 1. The number of carbonyl (C=O) groups excluding carboxylic acids is 1. The largest absolute Gasteiger partial charge is 0.480 e. The highest BCUT2D eigenvalue weighted by Crippen LogP contribution is 2.22. The fourth-order valence-electron chi connectivity index (χ4n) is 2.66. The first kappa shape index (κ1) is 13.1. The second-order valence-corrected chi connectivity index (χ2v) is 4.80. The number of urea groups is 1. The molecule has 2 saturated heterocycles. The molecule has 2 heterocycles. The predicted octanol–water partition coefficient (Wildman–Crippen LogP) is 0.766. The summed E-state index contributed by atoms with van der Waals surface area (Å²) in [6.45, 7) is 4.20. The zero-order chi connectivity index (χ0) is 13.1. The molecule has 0 aliphatic carbocycles. The van der Waals surface area contributed by atoms with E-state index in [9.17, 15) is 9.59 Å². The molecule has 0 aromatic rings. The van der Waals surface area contributed by atoms with Gasteiger partial charge in [0.05, 0.1) is 19.3 Å². The maximum Gasteiger partial charge on any atom is 0.326 e. The lowest BCUT2D eigenvalue weighted by Gasteiger charge is -2.38. The molecule has 2 rings (SSSR count). The van der Waals surface area contributed by atoms with Gasteiger partial charge in [-0.25, -0.2) is 9.59 Å². The topological polar surface area (TPSA) is 70.1 Å². The van der Waals surface area contributed by atoms with Gasteiger partial charge in [-0.1, -0.05) is 6.92 Å². The second-order valence-electron chi connectivity index (χ2n) is 4.80. The van der Waals surface area contributed by atoms with Crippen molar-refractivity contribution in [2.24, 2.45) is 0 Å². The molecule has 0 radical (unpaired) electrons. The highest BCUT2D eigenvalue weighted by Gasteiger charge is 2.38. The summed E-state index contributed by atoms with van der Waals surface area (Å²) in [6.07, 6.45) is 2.16. The Labute approximate surface area is 106 Å². The van der Waals surface area contributed by atoms with E-state index in [1.54, 1.807) is 4.90 Å². The fourth-order valence-corrected chi connectivity index (χ4v) is 2.66. The molecule has 18 heavy (non-hydrogen) atoms. The van der Waals surface area contributed by atoms with Crippen LogP contribution < -0.4 is 0 Å². The van der Waals surface area contributed by atoms with Gasteiger partial charge in [0, 0.05) is 13.1 Å². The average molecular weight is 256 g/mol. The van der Waals surface area contributed by atoms with Crippen molar-refractivity contribution >= 4 is 12.0 Å². The smallest absolute Gasteiger partial charge is 0.326 e. The first-order valence-corrected chi connectivity index (χ1v) is 6.53. The maximum atomic E-state index is 12.4.